The maximum Gasteiger partial charge on any atom is 0.127 e. The summed E-state index contributed by atoms with van der Waals surface area (Å²) < 4.78 is 6.12. The third kappa shape index (κ3) is 5.11. The minimum absolute atomic E-state index is 0.513. The van der Waals surface area contributed by atoms with Crippen LogP contribution in [0.5, 0.6) is 5.75 Å². The first-order valence-corrected chi connectivity index (χ1v) is 9.74. The molecule has 0 amide bonds. The molecule has 0 saturated carbocycles. The van der Waals surface area contributed by atoms with Gasteiger partial charge in [0, 0.05) is 29.8 Å². The second kappa shape index (κ2) is 9.38. The van der Waals surface area contributed by atoms with Crippen LogP contribution in [0, 0.1) is 5.41 Å². The Bertz CT molecular complexity index is 896. The third-order valence-electron chi connectivity index (χ3n) is 4.77. The summed E-state index contributed by atoms with van der Waals surface area (Å²) in [6.07, 6.45) is 9.87. The van der Waals surface area contributed by atoms with E-state index in [-0.39, 0.29) is 0 Å². The fourth-order valence-electron chi connectivity index (χ4n) is 3.35. The Morgan fingerprint density at radius 2 is 1.96 bits per heavy atom. The Labute approximate surface area is 167 Å². The summed E-state index contributed by atoms with van der Waals surface area (Å²) in [7, 11) is 3.91. The molecule has 4 heteroatoms. The van der Waals surface area contributed by atoms with Gasteiger partial charge in [-0.05, 0) is 56.3 Å². The first kappa shape index (κ1) is 19.9. The van der Waals surface area contributed by atoms with Gasteiger partial charge in [-0.1, -0.05) is 42.5 Å². The van der Waals surface area contributed by atoms with E-state index in [0.29, 0.717) is 24.6 Å². The molecule has 0 saturated heterocycles. The van der Waals surface area contributed by atoms with Gasteiger partial charge in [0.05, 0.1) is 12.3 Å². The number of nitrogens with one attached hydrogen (secondary N) is 1. The van der Waals surface area contributed by atoms with Crippen LogP contribution in [0.25, 0.3) is 11.1 Å². The van der Waals surface area contributed by atoms with E-state index in [9.17, 15) is 0 Å². The fraction of sp³-hybridized carbons (Fsp3) is 0.292. The molecule has 0 unspecified atom stereocenters. The molecule has 3 N–H and O–H groups in total. The molecule has 0 radical (unpaired) electrons. The highest BCUT2D eigenvalue weighted by molar-refractivity contribution is 6.05. The van der Waals surface area contributed by atoms with Crippen molar-refractivity contribution in [2.75, 3.05) is 33.0 Å². The van der Waals surface area contributed by atoms with Gasteiger partial charge in [-0.25, -0.2) is 0 Å². The average Bonchev–Trinajstić information content (AvgIpc) is 2.69. The smallest absolute Gasteiger partial charge is 0.127 e. The van der Waals surface area contributed by atoms with E-state index in [1.165, 1.54) is 5.57 Å². The second-order valence-corrected chi connectivity index (χ2v) is 7.37. The number of nitrogens with zero attached hydrogens (tertiary/aromatic N) is 1. The van der Waals surface area contributed by atoms with Crippen LogP contribution in [-0.4, -0.2) is 37.9 Å². The molecule has 0 heterocycles. The molecule has 146 valence electrons. The van der Waals surface area contributed by atoms with E-state index in [0.717, 1.165) is 41.7 Å². The summed E-state index contributed by atoms with van der Waals surface area (Å²) >= 11 is 0. The lowest BCUT2D eigenvalue weighted by atomic mass is 9.98. The molecule has 0 fully saturated rings. The number of para-hydroxylation sites is 1. The number of hydrogen-bond acceptors (Lipinski definition) is 4. The molecule has 0 spiro atoms. The number of nitrogens with two attached hydrogens (primary N) is 1. The molecule has 28 heavy (non-hydrogen) atoms. The van der Waals surface area contributed by atoms with Gasteiger partial charge in [0.1, 0.15) is 5.75 Å². The maximum atomic E-state index is 8.37. The van der Waals surface area contributed by atoms with Gasteiger partial charge in [-0.2, -0.15) is 0 Å². The van der Waals surface area contributed by atoms with Crippen molar-refractivity contribution < 1.29 is 4.74 Å². The standard InChI is InChI=1S/C24H29N3O/c1-27(2)17-23(26)21-16-19(12-13-22(21)25)20-10-6-7-11-24(20)28-15-14-18-8-4-3-5-9-18/h4,6-13,16,26H,3,5,14-15,17,25H2,1-2H3. The summed E-state index contributed by atoms with van der Waals surface area (Å²) in [6, 6.07) is 13.9. The molecular formula is C24H29N3O. The maximum absolute atomic E-state index is 8.37. The number of ether oxygens (including phenoxy) is 1. The third-order valence-corrected chi connectivity index (χ3v) is 4.77. The van der Waals surface area contributed by atoms with Gasteiger partial charge >= 0.3 is 0 Å². The van der Waals surface area contributed by atoms with E-state index in [1.807, 2.05) is 55.4 Å². The van der Waals surface area contributed by atoms with Crippen LogP contribution < -0.4 is 10.5 Å². The van der Waals surface area contributed by atoms with Gasteiger partial charge in [0.2, 0.25) is 0 Å². The number of allylic oxidation sites excluding steroid dienone is 3. The second-order valence-electron chi connectivity index (χ2n) is 7.37. The molecule has 1 aliphatic carbocycles. The minimum atomic E-state index is 0.513. The SMILES string of the molecule is CN(C)CC(=N)c1cc(-c2ccccc2OCCC2=CCCC=C2)ccc1N. The predicted molar refractivity (Wildman–Crippen MR) is 118 cm³/mol. The lowest BCUT2D eigenvalue weighted by molar-refractivity contribution is 0.323. The minimum Gasteiger partial charge on any atom is -0.493 e. The van der Waals surface area contributed by atoms with E-state index in [4.69, 9.17) is 15.9 Å². The topological polar surface area (TPSA) is 62.3 Å². The summed E-state index contributed by atoms with van der Waals surface area (Å²) in [4.78, 5) is 1.97. The zero-order valence-corrected chi connectivity index (χ0v) is 16.7. The predicted octanol–water partition coefficient (Wildman–Crippen LogP) is 4.91. The van der Waals surface area contributed by atoms with Gasteiger partial charge in [0.25, 0.3) is 0 Å². The fourth-order valence-corrected chi connectivity index (χ4v) is 3.35. The number of anilines is 1. The molecule has 0 bridgehead atoms. The molecule has 0 aliphatic heterocycles. The van der Waals surface area contributed by atoms with E-state index >= 15 is 0 Å². The largest absolute Gasteiger partial charge is 0.493 e. The van der Waals surface area contributed by atoms with Gasteiger partial charge in [0.15, 0.2) is 0 Å². The number of rotatable bonds is 8. The van der Waals surface area contributed by atoms with Crippen LogP contribution in [-0.2, 0) is 0 Å². The van der Waals surface area contributed by atoms with Crippen LogP contribution in [0.3, 0.4) is 0 Å². The van der Waals surface area contributed by atoms with Crippen molar-refractivity contribution in [3.05, 3.63) is 71.8 Å². The zero-order valence-electron chi connectivity index (χ0n) is 16.7. The van der Waals surface area contributed by atoms with Crippen molar-refractivity contribution in [3.63, 3.8) is 0 Å². The molecule has 2 aromatic rings. The normalized spacial score (nSPS) is 13.5. The molecule has 1 aliphatic rings. The quantitative estimate of drug-likeness (QED) is 0.509. The van der Waals surface area contributed by atoms with Crippen LogP contribution in [0.4, 0.5) is 5.69 Å². The van der Waals surface area contributed by atoms with Crippen LogP contribution >= 0.6 is 0 Å². The number of hydrogen-bond donors (Lipinski definition) is 2. The molecular weight excluding hydrogens is 346 g/mol. The summed E-state index contributed by atoms with van der Waals surface area (Å²) in [6.45, 7) is 1.19. The van der Waals surface area contributed by atoms with Crippen LogP contribution in [0.1, 0.15) is 24.8 Å². The highest BCUT2D eigenvalue weighted by atomic mass is 16.5. The van der Waals surface area contributed by atoms with Gasteiger partial charge in [-0.15, -0.1) is 0 Å². The average molecular weight is 376 g/mol. The summed E-state index contributed by atoms with van der Waals surface area (Å²) in [5.41, 5.74) is 11.4. The Balaban J connectivity index is 1.79. The van der Waals surface area contributed by atoms with Crippen LogP contribution in [0.2, 0.25) is 0 Å². The van der Waals surface area contributed by atoms with Crippen molar-refractivity contribution in [2.45, 2.75) is 19.3 Å². The van der Waals surface area contributed by atoms with Gasteiger partial charge in [-0.3, -0.25) is 0 Å². The summed E-state index contributed by atoms with van der Waals surface area (Å²) in [5, 5.41) is 8.37. The Morgan fingerprint density at radius 3 is 2.71 bits per heavy atom. The Kier molecular flexibility index (Phi) is 6.66. The van der Waals surface area contributed by atoms with Crippen LogP contribution in [0.15, 0.2) is 66.3 Å². The molecule has 0 atom stereocenters. The highest BCUT2D eigenvalue weighted by Crippen LogP contribution is 2.32. The Morgan fingerprint density at radius 1 is 1.14 bits per heavy atom. The van der Waals surface area contributed by atoms with E-state index in [2.05, 4.69) is 24.3 Å². The number of nitrogen functional groups attached to an aromatic ring is 1. The molecule has 3 rings (SSSR count). The molecule has 4 nitrogen and oxygen atoms in total. The van der Waals surface area contributed by atoms with Crippen molar-refractivity contribution in [2.24, 2.45) is 0 Å². The lowest BCUT2D eigenvalue weighted by Gasteiger charge is -2.16. The van der Waals surface area contributed by atoms with E-state index < -0.39 is 0 Å². The number of likely N-dealkylation sites (N-methyl/N-ethyl adjacent to an activating group) is 1. The molecule has 0 aromatic heterocycles. The highest BCUT2D eigenvalue weighted by Gasteiger charge is 2.12. The van der Waals surface area contributed by atoms with Crippen molar-refractivity contribution >= 4 is 11.4 Å². The first-order chi connectivity index (χ1) is 13.5. The lowest BCUT2D eigenvalue weighted by Crippen LogP contribution is -2.22. The number of benzene rings is 2. The zero-order chi connectivity index (χ0) is 19.9. The van der Waals surface area contributed by atoms with Crippen molar-refractivity contribution in [1.82, 2.24) is 4.90 Å². The summed E-state index contributed by atoms with van der Waals surface area (Å²) in [5.74, 6) is 0.859. The monoisotopic (exact) mass is 375 g/mol. The molecule has 2 aromatic carbocycles. The van der Waals surface area contributed by atoms with Crippen molar-refractivity contribution in [3.8, 4) is 16.9 Å². The van der Waals surface area contributed by atoms with Crippen molar-refractivity contribution in [1.29, 1.82) is 5.41 Å². The van der Waals surface area contributed by atoms with E-state index in [1.54, 1.807) is 0 Å². The Hall–Kier alpha value is -2.85. The van der Waals surface area contributed by atoms with Gasteiger partial charge < -0.3 is 20.8 Å². The first-order valence-electron chi connectivity index (χ1n) is 9.74.